The molecule has 2 amide bonds. The number of carbonyl (C=O) groups excluding carboxylic acids is 1. The number of amides is 2. The molecule has 1 heterocycles. The first kappa shape index (κ1) is 22.6. The number of urea groups is 1. The zero-order valence-electron chi connectivity index (χ0n) is 16.8. The molecule has 0 aliphatic carbocycles. The van der Waals surface area contributed by atoms with Gasteiger partial charge >= 0.3 is 6.03 Å². The second kappa shape index (κ2) is 12.8. The normalized spacial score (nSPS) is 18.1. The minimum Gasteiger partial charge on any atom is -0.332 e. The van der Waals surface area contributed by atoms with Gasteiger partial charge in [0.2, 0.25) is 0 Å². The highest BCUT2D eigenvalue weighted by Crippen LogP contribution is 2.14. The maximum atomic E-state index is 11.9. The van der Waals surface area contributed by atoms with Crippen LogP contribution >= 0.6 is 11.8 Å². The minimum atomic E-state index is -0.255. The van der Waals surface area contributed by atoms with Crippen molar-refractivity contribution < 1.29 is 4.79 Å². The fourth-order valence-corrected chi connectivity index (χ4v) is 3.27. The van der Waals surface area contributed by atoms with E-state index in [1.165, 1.54) is 5.57 Å². The number of carbonyl (C=O) groups is 1. The van der Waals surface area contributed by atoms with E-state index in [2.05, 4.69) is 38.2 Å². The van der Waals surface area contributed by atoms with Crippen LogP contribution in [-0.2, 0) is 0 Å². The van der Waals surface area contributed by atoms with Crippen LogP contribution in [0.2, 0.25) is 0 Å². The number of amidine groups is 1. The average molecular weight is 380 g/mol. The fourth-order valence-electron chi connectivity index (χ4n) is 2.70. The highest BCUT2D eigenvalue weighted by Gasteiger charge is 2.17. The molecule has 1 unspecified atom stereocenters. The molecule has 26 heavy (non-hydrogen) atoms. The second-order valence-corrected chi connectivity index (χ2v) is 7.76. The monoisotopic (exact) mass is 379 g/mol. The Hall–Kier alpha value is -1.47. The maximum Gasteiger partial charge on any atom is 0.341 e. The Balaban J connectivity index is 2.48. The number of nitrogens with zero attached hydrogens (tertiary/aromatic N) is 4. The van der Waals surface area contributed by atoms with Gasteiger partial charge in [0.25, 0.3) is 0 Å². The first-order chi connectivity index (χ1) is 12.5. The lowest BCUT2D eigenvalue weighted by Gasteiger charge is -2.28. The Morgan fingerprint density at radius 3 is 2.81 bits per heavy atom. The predicted molar refractivity (Wildman–Crippen MR) is 115 cm³/mol. The van der Waals surface area contributed by atoms with E-state index in [-0.39, 0.29) is 12.1 Å². The van der Waals surface area contributed by atoms with E-state index in [9.17, 15) is 4.79 Å². The summed E-state index contributed by atoms with van der Waals surface area (Å²) < 4.78 is 0. The van der Waals surface area contributed by atoms with Crippen LogP contribution in [0, 0.1) is 0 Å². The summed E-state index contributed by atoms with van der Waals surface area (Å²) in [6, 6.07) is -0.197. The van der Waals surface area contributed by atoms with E-state index in [4.69, 9.17) is 0 Å². The zero-order chi connectivity index (χ0) is 19.4. The van der Waals surface area contributed by atoms with E-state index >= 15 is 0 Å². The Bertz CT molecular complexity index is 568. The van der Waals surface area contributed by atoms with Crippen LogP contribution in [0.3, 0.4) is 0 Å². The number of aliphatic imine (C=N–C) groups is 3. The fraction of sp³-hybridized carbons (Fsp3) is 0.684. The Morgan fingerprint density at radius 1 is 1.46 bits per heavy atom. The minimum absolute atomic E-state index is 0.0579. The summed E-state index contributed by atoms with van der Waals surface area (Å²) in [7, 11) is 1.79. The van der Waals surface area contributed by atoms with Crippen molar-refractivity contribution >= 4 is 34.9 Å². The van der Waals surface area contributed by atoms with Crippen LogP contribution in [0.25, 0.3) is 0 Å². The summed E-state index contributed by atoms with van der Waals surface area (Å²) >= 11 is 1.58. The molecule has 1 aliphatic rings. The molecule has 0 aromatic heterocycles. The quantitative estimate of drug-likeness (QED) is 0.540. The molecule has 6 nitrogen and oxygen atoms in total. The van der Waals surface area contributed by atoms with Crippen molar-refractivity contribution in [3.63, 3.8) is 0 Å². The highest BCUT2D eigenvalue weighted by molar-refractivity contribution is 8.13. The summed E-state index contributed by atoms with van der Waals surface area (Å²) in [4.78, 5) is 27.1. The molecule has 0 saturated carbocycles. The molecule has 0 bridgehead atoms. The first-order valence-corrected chi connectivity index (χ1v) is 10.4. The summed E-state index contributed by atoms with van der Waals surface area (Å²) in [5.41, 5.74) is 1.21. The number of unbranched alkanes of at least 4 members (excludes halogenated alkanes) is 1. The Kier molecular flexibility index (Phi) is 11.1. The summed E-state index contributed by atoms with van der Waals surface area (Å²) in [5.74, 6) is 1.77. The van der Waals surface area contributed by atoms with Crippen LogP contribution in [0.15, 0.2) is 26.6 Å². The van der Waals surface area contributed by atoms with Crippen LogP contribution in [0.4, 0.5) is 4.79 Å². The van der Waals surface area contributed by atoms with Crippen LogP contribution in [0.1, 0.15) is 47.0 Å². The molecular formula is C19H33N5OS. The van der Waals surface area contributed by atoms with Gasteiger partial charge in [-0.3, -0.25) is 9.89 Å². The van der Waals surface area contributed by atoms with E-state index in [0.29, 0.717) is 0 Å². The average Bonchev–Trinajstić information content (AvgIpc) is 2.59. The van der Waals surface area contributed by atoms with Crippen LogP contribution < -0.4 is 5.32 Å². The lowest BCUT2D eigenvalue weighted by Crippen LogP contribution is -2.42. The van der Waals surface area contributed by atoms with E-state index in [1.807, 2.05) is 27.0 Å². The van der Waals surface area contributed by atoms with Gasteiger partial charge in [0.05, 0.1) is 5.04 Å². The number of hydrogen-bond acceptors (Lipinski definition) is 4. The molecule has 0 spiro atoms. The van der Waals surface area contributed by atoms with E-state index < -0.39 is 0 Å². The molecule has 1 N–H and O–H groups in total. The van der Waals surface area contributed by atoms with Crippen LogP contribution in [0.5, 0.6) is 0 Å². The molecule has 0 aromatic rings. The lowest BCUT2D eigenvalue weighted by atomic mass is 10.1. The molecule has 146 valence electrons. The molecule has 7 heteroatoms. The van der Waals surface area contributed by atoms with Gasteiger partial charge in [-0.25, -0.2) is 9.79 Å². The molecular weight excluding hydrogens is 346 g/mol. The van der Waals surface area contributed by atoms with Crippen molar-refractivity contribution in [3.05, 3.63) is 11.6 Å². The molecule has 0 fully saturated rings. The van der Waals surface area contributed by atoms with Crippen molar-refractivity contribution in [2.75, 3.05) is 32.4 Å². The Labute approximate surface area is 162 Å². The van der Waals surface area contributed by atoms with Crippen molar-refractivity contribution in [1.82, 2.24) is 10.2 Å². The third-order valence-electron chi connectivity index (χ3n) is 3.94. The zero-order valence-corrected chi connectivity index (χ0v) is 17.6. The van der Waals surface area contributed by atoms with E-state index in [1.54, 1.807) is 18.8 Å². The molecule has 0 aromatic carbocycles. The van der Waals surface area contributed by atoms with Gasteiger partial charge in [-0.1, -0.05) is 26.3 Å². The van der Waals surface area contributed by atoms with Gasteiger partial charge < -0.3 is 5.32 Å². The predicted octanol–water partition coefficient (Wildman–Crippen LogP) is 3.79. The highest BCUT2D eigenvalue weighted by atomic mass is 32.2. The van der Waals surface area contributed by atoms with E-state index in [0.717, 1.165) is 55.5 Å². The SMILES string of the molecule is CCCC=NC(=NC)C1=CCN(CC(C)NC(=O)N=C(C)SCC)CC1. The van der Waals surface area contributed by atoms with Gasteiger partial charge in [0.15, 0.2) is 0 Å². The topological polar surface area (TPSA) is 69.4 Å². The van der Waals surface area contributed by atoms with Crippen molar-refractivity contribution in [1.29, 1.82) is 0 Å². The van der Waals surface area contributed by atoms with Gasteiger partial charge in [-0.2, -0.15) is 4.99 Å². The third kappa shape index (κ3) is 8.76. The van der Waals surface area contributed by atoms with Crippen molar-refractivity contribution in [2.45, 2.75) is 53.0 Å². The van der Waals surface area contributed by atoms with Gasteiger partial charge in [0.1, 0.15) is 5.84 Å². The summed E-state index contributed by atoms with van der Waals surface area (Å²) in [6.45, 7) is 10.7. The van der Waals surface area contributed by atoms with Crippen molar-refractivity contribution in [3.8, 4) is 0 Å². The van der Waals surface area contributed by atoms with Gasteiger partial charge in [0, 0.05) is 38.9 Å². The van der Waals surface area contributed by atoms with Crippen LogP contribution in [-0.4, -0.2) is 66.5 Å². The smallest absolute Gasteiger partial charge is 0.332 e. The number of thioether (sulfide) groups is 1. The molecule has 1 atom stereocenters. The maximum absolute atomic E-state index is 11.9. The summed E-state index contributed by atoms with van der Waals surface area (Å²) in [5, 5.41) is 3.75. The molecule has 1 aliphatic heterocycles. The number of hydrogen-bond donors (Lipinski definition) is 1. The Morgan fingerprint density at radius 2 is 2.23 bits per heavy atom. The van der Waals surface area contributed by atoms with Gasteiger partial charge in [-0.05, 0) is 38.0 Å². The number of nitrogens with one attached hydrogen (secondary N) is 1. The standard InChI is InChI=1S/C19H33N5OS/c1-6-8-11-21-18(20-5)17-9-12-24(13-10-17)14-15(3)22-19(25)23-16(4)26-7-2/h9,11,15H,6-8,10,12-14H2,1-5H3,(H,22,25). The molecule has 0 radical (unpaired) electrons. The first-order valence-electron chi connectivity index (χ1n) is 9.39. The molecule has 0 saturated heterocycles. The second-order valence-electron chi connectivity index (χ2n) is 6.30. The largest absolute Gasteiger partial charge is 0.341 e. The lowest BCUT2D eigenvalue weighted by molar-refractivity contribution is 0.234. The van der Waals surface area contributed by atoms with Gasteiger partial charge in [-0.15, -0.1) is 11.8 Å². The molecule has 1 rings (SSSR count). The third-order valence-corrected chi connectivity index (χ3v) is 4.74. The van der Waals surface area contributed by atoms with Crippen molar-refractivity contribution in [2.24, 2.45) is 15.0 Å². The number of rotatable bonds is 7. The summed E-state index contributed by atoms with van der Waals surface area (Å²) in [6.07, 6.45) is 7.16.